The van der Waals surface area contributed by atoms with Gasteiger partial charge in [0.05, 0.1) is 17.1 Å². The van der Waals surface area contributed by atoms with Crippen molar-refractivity contribution in [1.29, 1.82) is 0 Å². The summed E-state index contributed by atoms with van der Waals surface area (Å²) in [6, 6.07) is 13.5. The number of nitrogens with two attached hydrogens (primary N) is 1. The molecule has 4 aromatic rings. The van der Waals surface area contributed by atoms with E-state index in [1.54, 1.807) is 6.07 Å². The van der Waals surface area contributed by atoms with Crippen LogP contribution >= 0.6 is 0 Å². The number of anilines is 2. The second kappa shape index (κ2) is 6.52. The van der Waals surface area contributed by atoms with Gasteiger partial charge in [0.25, 0.3) is 0 Å². The number of nitrogens with one attached hydrogen (secondary N) is 2. The summed E-state index contributed by atoms with van der Waals surface area (Å²) in [5, 5.41) is 3.03. The summed E-state index contributed by atoms with van der Waals surface area (Å²) in [4.78, 5) is 26.2. The second-order valence-electron chi connectivity index (χ2n) is 6.00. The van der Waals surface area contributed by atoms with Gasteiger partial charge >= 0.3 is 5.69 Å². The van der Waals surface area contributed by atoms with Gasteiger partial charge in [-0.15, -0.1) is 0 Å². The van der Waals surface area contributed by atoms with Crippen LogP contribution in [0.5, 0.6) is 0 Å². The lowest BCUT2D eigenvalue weighted by atomic mass is 10.2. The molecular weight excluding hydrogens is 349 g/mol. The molecule has 0 radical (unpaired) electrons. The zero-order valence-corrected chi connectivity index (χ0v) is 14.3. The fraction of sp³-hybridized carbons (Fsp3) is 0.111. The van der Waals surface area contributed by atoms with Crippen LogP contribution in [0.2, 0.25) is 0 Å². The maximum atomic E-state index is 13.8. The number of rotatable bonds is 4. The number of imidazole rings is 1. The summed E-state index contributed by atoms with van der Waals surface area (Å²) in [6.45, 7) is 1.84. The van der Waals surface area contributed by atoms with Crippen LogP contribution in [-0.4, -0.2) is 24.5 Å². The quantitative estimate of drug-likeness (QED) is 0.512. The van der Waals surface area contributed by atoms with E-state index in [1.807, 2.05) is 41.8 Å². The first-order valence-electron chi connectivity index (χ1n) is 8.25. The van der Waals surface area contributed by atoms with E-state index < -0.39 is 5.69 Å². The van der Waals surface area contributed by atoms with Crippen molar-refractivity contribution < 1.29 is 4.39 Å². The molecule has 0 spiro atoms. The summed E-state index contributed by atoms with van der Waals surface area (Å²) >= 11 is 0. The van der Waals surface area contributed by atoms with Gasteiger partial charge in [0, 0.05) is 11.8 Å². The summed E-state index contributed by atoms with van der Waals surface area (Å²) < 4.78 is 15.7. The molecule has 1 atom stereocenters. The fourth-order valence-corrected chi connectivity index (χ4v) is 2.93. The highest BCUT2D eigenvalue weighted by atomic mass is 19.1. The third-order valence-corrected chi connectivity index (χ3v) is 4.06. The SMILES string of the molecule is CC(Nc1nc(N)[nH]c(=O)n1)c1nc2ccc(F)cc2n1-c1ccccc1. The zero-order valence-electron chi connectivity index (χ0n) is 14.3. The molecule has 136 valence electrons. The molecular formula is C18H16FN7O. The molecule has 2 aromatic heterocycles. The predicted octanol–water partition coefficient (Wildman–Crippen LogP) is 2.40. The minimum absolute atomic E-state index is 0.0386. The largest absolute Gasteiger partial charge is 0.369 e. The maximum absolute atomic E-state index is 13.8. The Morgan fingerprint density at radius 2 is 1.93 bits per heavy atom. The van der Waals surface area contributed by atoms with Crippen LogP contribution in [0.15, 0.2) is 53.3 Å². The lowest BCUT2D eigenvalue weighted by molar-refractivity contribution is 0.629. The number of nitrogen functional groups attached to an aromatic ring is 1. The number of para-hydroxylation sites is 1. The molecule has 0 saturated heterocycles. The number of nitrogens with zero attached hydrogens (tertiary/aromatic N) is 4. The molecule has 0 fully saturated rings. The van der Waals surface area contributed by atoms with Crippen molar-refractivity contribution in [3.05, 3.63) is 70.7 Å². The number of aromatic amines is 1. The zero-order chi connectivity index (χ0) is 19.0. The second-order valence-corrected chi connectivity index (χ2v) is 6.00. The van der Waals surface area contributed by atoms with E-state index >= 15 is 0 Å². The van der Waals surface area contributed by atoms with Gasteiger partial charge in [-0.25, -0.2) is 14.2 Å². The van der Waals surface area contributed by atoms with Gasteiger partial charge in [0.15, 0.2) is 0 Å². The summed E-state index contributed by atoms with van der Waals surface area (Å²) in [5.41, 5.74) is 7.08. The average Bonchev–Trinajstić information content (AvgIpc) is 3.00. The lowest BCUT2D eigenvalue weighted by Gasteiger charge is -2.16. The van der Waals surface area contributed by atoms with E-state index in [-0.39, 0.29) is 23.8 Å². The number of benzene rings is 2. The molecule has 4 rings (SSSR count). The van der Waals surface area contributed by atoms with Crippen LogP contribution in [0, 0.1) is 5.82 Å². The van der Waals surface area contributed by atoms with Crippen molar-refractivity contribution in [2.75, 3.05) is 11.1 Å². The number of hydrogen-bond donors (Lipinski definition) is 3. The van der Waals surface area contributed by atoms with Crippen LogP contribution in [0.1, 0.15) is 18.8 Å². The smallest absolute Gasteiger partial charge is 0.350 e. The summed E-state index contributed by atoms with van der Waals surface area (Å²) in [7, 11) is 0. The molecule has 8 nitrogen and oxygen atoms in total. The third-order valence-electron chi connectivity index (χ3n) is 4.06. The highest BCUT2D eigenvalue weighted by Gasteiger charge is 2.19. The van der Waals surface area contributed by atoms with E-state index in [4.69, 9.17) is 5.73 Å². The summed E-state index contributed by atoms with van der Waals surface area (Å²) in [6.07, 6.45) is 0. The Labute approximate surface area is 152 Å². The molecule has 2 aromatic carbocycles. The van der Waals surface area contributed by atoms with Crippen molar-refractivity contribution in [2.45, 2.75) is 13.0 Å². The Balaban J connectivity index is 1.84. The monoisotopic (exact) mass is 365 g/mol. The van der Waals surface area contributed by atoms with Crippen molar-refractivity contribution in [2.24, 2.45) is 0 Å². The predicted molar refractivity (Wildman–Crippen MR) is 100 cm³/mol. The topological polar surface area (TPSA) is 115 Å². The van der Waals surface area contributed by atoms with Crippen molar-refractivity contribution in [3.8, 4) is 5.69 Å². The van der Waals surface area contributed by atoms with Crippen molar-refractivity contribution in [3.63, 3.8) is 0 Å². The first kappa shape index (κ1) is 16.7. The van der Waals surface area contributed by atoms with Crippen LogP contribution in [0.25, 0.3) is 16.7 Å². The van der Waals surface area contributed by atoms with Crippen LogP contribution in [-0.2, 0) is 0 Å². The van der Waals surface area contributed by atoms with E-state index in [0.717, 1.165) is 5.69 Å². The lowest BCUT2D eigenvalue weighted by Crippen LogP contribution is -2.20. The first-order chi connectivity index (χ1) is 13.0. The molecule has 2 heterocycles. The van der Waals surface area contributed by atoms with Gasteiger partial charge < -0.3 is 11.1 Å². The standard InChI is InChI=1S/C18H16FN7O/c1-10(21-17-23-16(20)24-18(27)25-17)15-22-13-8-7-11(19)9-14(13)26(15)12-5-3-2-4-6-12/h2-10H,1H3,(H4,20,21,23,24,25,27). The van der Waals surface area contributed by atoms with E-state index in [0.29, 0.717) is 16.9 Å². The number of H-pyrrole nitrogens is 1. The Bertz CT molecular complexity index is 1170. The van der Waals surface area contributed by atoms with E-state index in [2.05, 4.69) is 25.3 Å². The van der Waals surface area contributed by atoms with Gasteiger partial charge in [-0.05, 0) is 31.2 Å². The number of hydrogen-bond acceptors (Lipinski definition) is 6. The first-order valence-corrected chi connectivity index (χ1v) is 8.25. The molecule has 4 N–H and O–H groups in total. The molecule has 0 aliphatic rings. The Kier molecular flexibility index (Phi) is 4.03. The van der Waals surface area contributed by atoms with Crippen LogP contribution in [0.3, 0.4) is 0 Å². The molecule has 1 unspecified atom stereocenters. The minimum Gasteiger partial charge on any atom is -0.369 e. The maximum Gasteiger partial charge on any atom is 0.350 e. The van der Waals surface area contributed by atoms with Gasteiger partial charge in [0.1, 0.15) is 11.6 Å². The average molecular weight is 365 g/mol. The third kappa shape index (κ3) is 3.22. The van der Waals surface area contributed by atoms with Gasteiger partial charge in [-0.2, -0.15) is 9.97 Å². The van der Waals surface area contributed by atoms with Crippen molar-refractivity contribution >= 4 is 22.9 Å². The highest BCUT2D eigenvalue weighted by molar-refractivity contribution is 5.78. The van der Waals surface area contributed by atoms with E-state index in [9.17, 15) is 9.18 Å². The number of aromatic nitrogens is 5. The molecule has 0 amide bonds. The number of halogens is 1. The van der Waals surface area contributed by atoms with Crippen LogP contribution in [0.4, 0.5) is 16.3 Å². The van der Waals surface area contributed by atoms with E-state index in [1.165, 1.54) is 12.1 Å². The number of fused-ring (bicyclic) bond motifs is 1. The molecule has 0 saturated carbocycles. The minimum atomic E-state index is -0.601. The van der Waals surface area contributed by atoms with Crippen LogP contribution < -0.4 is 16.7 Å². The highest BCUT2D eigenvalue weighted by Crippen LogP contribution is 2.27. The summed E-state index contributed by atoms with van der Waals surface area (Å²) in [5.74, 6) is 0.312. The Hall–Kier alpha value is -3.75. The molecule has 0 aliphatic carbocycles. The molecule has 27 heavy (non-hydrogen) atoms. The molecule has 0 bridgehead atoms. The van der Waals surface area contributed by atoms with Crippen molar-refractivity contribution in [1.82, 2.24) is 24.5 Å². The molecule has 0 aliphatic heterocycles. The fourth-order valence-electron chi connectivity index (χ4n) is 2.93. The Morgan fingerprint density at radius 1 is 1.15 bits per heavy atom. The van der Waals surface area contributed by atoms with Gasteiger partial charge in [0.2, 0.25) is 11.9 Å². The van der Waals surface area contributed by atoms with Gasteiger partial charge in [-0.3, -0.25) is 9.55 Å². The van der Waals surface area contributed by atoms with Gasteiger partial charge in [-0.1, -0.05) is 18.2 Å². The normalized spacial score (nSPS) is 12.2. The Morgan fingerprint density at radius 3 is 2.67 bits per heavy atom. The molecule has 9 heteroatoms.